The van der Waals surface area contributed by atoms with Crippen LogP contribution in [0.15, 0.2) is 29.2 Å². The molecule has 0 unspecified atom stereocenters. The van der Waals surface area contributed by atoms with E-state index in [0.717, 1.165) is 56.5 Å². The van der Waals surface area contributed by atoms with Crippen molar-refractivity contribution < 1.29 is 4.39 Å². The van der Waals surface area contributed by atoms with Crippen molar-refractivity contribution in [3.63, 3.8) is 0 Å². The molecule has 1 aliphatic rings. The molecule has 0 saturated carbocycles. The zero-order valence-electron chi connectivity index (χ0n) is 12.1. The highest BCUT2D eigenvalue weighted by Crippen LogP contribution is 2.17. The molecule has 1 aromatic carbocycles. The quantitative estimate of drug-likeness (QED) is 0.773. The van der Waals surface area contributed by atoms with Crippen molar-refractivity contribution in [1.29, 1.82) is 0 Å². The van der Waals surface area contributed by atoms with Crippen LogP contribution in [0.2, 0.25) is 0 Å². The molecule has 2 rings (SSSR count). The molecule has 0 aliphatic carbocycles. The van der Waals surface area contributed by atoms with Gasteiger partial charge in [-0.2, -0.15) is 0 Å². The van der Waals surface area contributed by atoms with E-state index in [-0.39, 0.29) is 5.82 Å². The highest BCUT2D eigenvalue weighted by molar-refractivity contribution is 7.99. The lowest BCUT2D eigenvalue weighted by molar-refractivity contribution is 0.209. The molecule has 1 aromatic rings. The van der Waals surface area contributed by atoms with E-state index in [2.05, 4.69) is 22.2 Å². The van der Waals surface area contributed by atoms with Crippen LogP contribution in [0, 0.1) is 5.82 Å². The average molecular weight is 297 g/mol. The number of benzene rings is 1. The van der Waals surface area contributed by atoms with Crippen molar-refractivity contribution in [3.8, 4) is 0 Å². The predicted molar refractivity (Wildman–Crippen MR) is 83.9 cm³/mol. The van der Waals surface area contributed by atoms with Crippen molar-refractivity contribution >= 4 is 11.8 Å². The van der Waals surface area contributed by atoms with Gasteiger partial charge in [0.05, 0.1) is 0 Å². The zero-order chi connectivity index (χ0) is 14.2. The number of piperazine rings is 1. The number of nitrogens with zero attached hydrogens (tertiary/aromatic N) is 2. The highest BCUT2D eigenvalue weighted by atomic mass is 32.2. The van der Waals surface area contributed by atoms with Gasteiger partial charge >= 0.3 is 0 Å². The summed E-state index contributed by atoms with van der Waals surface area (Å²) < 4.78 is 12.8. The third-order valence-electron chi connectivity index (χ3n) is 3.56. The first kappa shape index (κ1) is 15.8. The van der Waals surface area contributed by atoms with E-state index < -0.39 is 0 Å². The molecule has 1 saturated heterocycles. The zero-order valence-corrected chi connectivity index (χ0v) is 13.0. The Morgan fingerprint density at radius 3 is 2.60 bits per heavy atom. The van der Waals surface area contributed by atoms with Gasteiger partial charge in [0.2, 0.25) is 0 Å². The van der Waals surface area contributed by atoms with Crippen LogP contribution >= 0.6 is 11.8 Å². The topological polar surface area (TPSA) is 18.5 Å². The summed E-state index contributed by atoms with van der Waals surface area (Å²) in [6.45, 7) is 7.89. The molecular formula is C15H24FN3S. The minimum Gasteiger partial charge on any atom is -0.314 e. The summed E-state index contributed by atoms with van der Waals surface area (Å²) in [5.74, 6) is 0.881. The molecule has 1 fully saturated rings. The van der Waals surface area contributed by atoms with Gasteiger partial charge in [0, 0.05) is 56.5 Å². The smallest absolute Gasteiger partial charge is 0.123 e. The summed E-state index contributed by atoms with van der Waals surface area (Å²) in [6, 6.07) is 6.74. The lowest BCUT2D eigenvalue weighted by Gasteiger charge is -2.29. The Kier molecular flexibility index (Phi) is 6.79. The van der Waals surface area contributed by atoms with Crippen LogP contribution in [-0.2, 0) is 0 Å². The number of nitrogens with one attached hydrogen (secondary N) is 1. The van der Waals surface area contributed by atoms with Gasteiger partial charge in [-0.1, -0.05) is 0 Å². The second-order valence-electron chi connectivity index (χ2n) is 5.20. The van der Waals surface area contributed by atoms with E-state index in [4.69, 9.17) is 0 Å². The van der Waals surface area contributed by atoms with Gasteiger partial charge in [0.1, 0.15) is 5.82 Å². The van der Waals surface area contributed by atoms with Crippen LogP contribution in [0.1, 0.15) is 0 Å². The van der Waals surface area contributed by atoms with Crippen molar-refractivity contribution in [1.82, 2.24) is 15.1 Å². The van der Waals surface area contributed by atoms with Crippen LogP contribution in [0.3, 0.4) is 0 Å². The molecule has 1 N–H and O–H groups in total. The number of thioether (sulfide) groups is 1. The molecule has 112 valence electrons. The van der Waals surface area contributed by atoms with Crippen LogP contribution in [0.5, 0.6) is 0 Å². The fraction of sp³-hybridized carbons (Fsp3) is 0.600. The highest BCUT2D eigenvalue weighted by Gasteiger charge is 2.09. The standard InChI is InChI=1S/C15H24FN3S/c1-18(10-11-19-8-6-17-7-9-19)12-13-20-15-4-2-14(16)3-5-15/h2-5,17H,6-13H2,1H3. The largest absolute Gasteiger partial charge is 0.314 e. The van der Waals surface area contributed by atoms with Gasteiger partial charge in [-0.15, -0.1) is 11.8 Å². The molecule has 0 atom stereocenters. The molecule has 5 heteroatoms. The van der Waals surface area contributed by atoms with E-state index >= 15 is 0 Å². The van der Waals surface area contributed by atoms with Crippen LogP contribution < -0.4 is 5.32 Å². The van der Waals surface area contributed by atoms with Crippen LogP contribution in [0.25, 0.3) is 0 Å². The number of rotatable bonds is 7. The van der Waals surface area contributed by atoms with E-state index in [1.54, 1.807) is 11.8 Å². The first-order valence-electron chi connectivity index (χ1n) is 7.24. The first-order valence-corrected chi connectivity index (χ1v) is 8.22. The molecule has 0 radical (unpaired) electrons. The van der Waals surface area contributed by atoms with Gasteiger partial charge < -0.3 is 10.2 Å². The Morgan fingerprint density at radius 2 is 1.90 bits per heavy atom. The predicted octanol–water partition coefficient (Wildman–Crippen LogP) is 1.75. The minimum atomic E-state index is -0.164. The maximum Gasteiger partial charge on any atom is 0.123 e. The third-order valence-corrected chi connectivity index (χ3v) is 4.56. The lowest BCUT2D eigenvalue weighted by atomic mass is 10.3. The Balaban J connectivity index is 1.57. The summed E-state index contributed by atoms with van der Waals surface area (Å²) in [7, 11) is 2.17. The van der Waals surface area contributed by atoms with Gasteiger partial charge in [-0.05, 0) is 31.3 Å². The molecule has 0 bridgehead atoms. The Bertz CT molecular complexity index is 379. The number of hydrogen-bond donors (Lipinski definition) is 1. The molecule has 1 heterocycles. The normalized spacial score (nSPS) is 16.8. The second-order valence-corrected chi connectivity index (χ2v) is 6.37. The van der Waals surface area contributed by atoms with E-state index in [1.807, 2.05) is 12.1 Å². The second kappa shape index (κ2) is 8.62. The molecule has 3 nitrogen and oxygen atoms in total. The minimum absolute atomic E-state index is 0.164. The molecule has 1 aliphatic heterocycles. The molecular weight excluding hydrogens is 273 g/mol. The van der Waals surface area contributed by atoms with E-state index in [9.17, 15) is 4.39 Å². The summed E-state index contributed by atoms with van der Waals surface area (Å²) in [5, 5.41) is 3.37. The van der Waals surface area contributed by atoms with Gasteiger partial charge in [-0.25, -0.2) is 4.39 Å². The summed E-state index contributed by atoms with van der Waals surface area (Å²) in [5.41, 5.74) is 0. The average Bonchev–Trinajstić information content (AvgIpc) is 2.48. The van der Waals surface area contributed by atoms with Crippen molar-refractivity contribution in [2.75, 3.05) is 58.6 Å². The van der Waals surface area contributed by atoms with Gasteiger partial charge in [-0.3, -0.25) is 4.90 Å². The molecule has 0 aromatic heterocycles. The van der Waals surface area contributed by atoms with Crippen LogP contribution in [-0.4, -0.2) is 68.4 Å². The number of likely N-dealkylation sites (N-methyl/N-ethyl adjacent to an activating group) is 1. The van der Waals surface area contributed by atoms with Crippen molar-refractivity contribution in [2.24, 2.45) is 0 Å². The fourth-order valence-electron chi connectivity index (χ4n) is 2.21. The SMILES string of the molecule is CN(CCSc1ccc(F)cc1)CCN1CCNCC1. The van der Waals surface area contributed by atoms with E-state index in [0.29, 0.717) is 0 Å². The maximum atomic E-state index is 12.8. The summed E-state index contributed by atoms with van der Waals surface area (Å²) >= 11 is 1.79. The monoisotopic (exact) mass is 297 g/mol. The Labute approximate surface area is 125 Å². The van der Waals surface area contributed by atoms with Gasteiger partial charge in [0.25, 0.3) is 0 Å². The lowest BCUT2D eigenvalue weighted by Crippen LogP contribution is -2.46. The van der Waals surface area contributed by atoms with E-state index in [1.165, 1.54) is 12.1 Å². The molecule has 0 spiro atoms. The van der Waals surface area contributed by atoms with Gasteiger partial charge in [0.15, 0.2) is 0 Å². The maximum absolute atomic E-state index is 12.8. The molecule has 0 amide bonds. The number of halogens is 1. The number of hydrogen-bond acceptors (Lipinski definition) is 4. The third kappa shape index (κ3) is 5.79. The summed E-state index contributed by atoms with van der Waals surface area (Å²) in [6.07, 6.45) is 0. The Morgan fingerprint density at radius 1 is 1.20 bits per heavy atom. The fourth-order valence-corrected chi connectivity index (χ4v) is 3.18. The Hall–Kier alpha value is -0.620. The molecule has 20 heavy (non-hydrogen) atoms. The first-order chi connectivity index (χ1) is 9.74. The summed E-state index contributed by atoms with van der Waals surface area (Å²) in [4.78, 5) is 6.03. The van der Waals surface area contributed by atoms with Crippen molar-refractivity contribution in [2.45, 2.75) is 4.90 Å². The van der Waals surface area contributed by atoms with Crippen LogP contribution in [0.4, 0.5) is 4.39 Å². The van der Waals surface area contributed by atoms with Crippen molar-refractivity contribution in [3.05, 3.63) is 30.1 Å².